The molecule has 0 unspecified atom stereocenters. The van der Waals surface area contributed by atoms with Gasteiger partial charge < -0.3 is 4.90 Å². The molecule has 34 heavy (non-hydrogen) atoms. The predicted octanol–water partition coefficient (Wildman–Crippen LogP) is 4.87. The largest absolute Gasteiger partial charge is 0.339 e. The van der Waals surface area contributed by atoms with E-state index >= 15 is 0 Å². The van der Waals surface area contributed by atoms with Gasteiger partial charge in [0.25, 0.3) is 5.91 Å². The molecular formula is C28H23N5O. The second-order valence-electron chi connectivity index (χ2n) is 9.31. The predicted molar refractivity (Wildman–Crippen MR) is 131 cm³/mol. The summed E-state index contributed by atoms with van der Waals surface area (Å²) in [5.74, 6) is 0.806. The van der Waals surface area contributed by atoms with Gasteiger partial charge in [-0.1, -0.05) is 24.3 Å². The number of amides is 1. The van der Waals surface area contributed by atoms with Gasteiger partial charge in [-0.25, -0.2) is 9.97 Å². The van der Waals surface area contributed by atoms with Gasteiger partial charge in [-0.05, 0) is 61.2 Å². The maximum Gasteiger partial charge on any atom is 0.253 e. The summed E-state index contributed by atoms with van der Waals surface area (Å²) in [6, 6.07) is 20.6. The highest BCUT2D eigenvalue weighted by Crippen LogP contribution is 2.56. The van der Waals surface area contributed by atoms with Crippen LogP contribution in [-0.2, 0) is 5.41 Å². The van der Waals surface area contributed by atoms with E-state index in [1.807, 2.05) is 47.5 Å². The van der Waals surface area contributed by atoms with Crippen LogP contribution >= 0.6 is 0 Å². The molecule has 1 aliphatic carbocycles. The van der Waals surface area contributed by atoms with Crippen LogP contribution in [0.25, 0.3) is 27.9 Å². The Labute approximate surface area is 196 Å². The van der Waals surface area contributed by atoms with Crippen molar-refractivity contribution < 1.29 is 4.79 Å². The topological polar surface area (TPSA) is 63.4 Å². The Morgan fingerprint density at radius 1 is 0.912 bits per heavy atom. The van der Waals surface area contributed by atoms with E-state index in [1.54, 1.807) is 6.20 Å². The summed E-state index contributed by atoms with van der Waals surface area (Å²) in [6.45, 7) is 1.71. The maximum atomic E-state index is 12.6. The van der Waals surface area contributed by atoms with Gasteiger partial charge in [-0.3, -0.25) is 14.2 Å². The summed E-state index contributed by atoms with van der Waals surface area (Å²) in [4.78, 5) is 28.5. The third-order valence-electron chi connectivity index (χ3n) is 7.31. The van der Waals surface area contributed by atoms with E-state index in [-0.39, 0.29) is 11.3 Å². The molecule has 0 atom stereocenters. The van der Waals surface area contributed by atoms with Crippen LogP contribution in [0.3, 0.4) is 0 Å². The Morgan fingerprint density at radius 3 is 2.50 bits per heavy atom. The molecule has 2 fully saturated rings. The van der Waals surface area contributed by atoms with E-state index in [0.717, 1.165) is 60.1 Å². The smallest absolute Gasteiger partial charge is 0.253 e. The Bertz CT molecular complexity index is 1560. The van der Waals surface area contributed by atoms with Gasteiger partial charge in [0.05, 0.1) is 16.9 Å². The number of hydrogen-bond donors (Lipinski definition) is 0. The Balaban J connectivity index is 1.37. The molecule has 5 aromatic rings. The van der Waals surface area contributed by atoms with Crippen molar-refractivity contribution in [3.8, 4) is 11.3 Å². The van der Waals surface area contributed by atoms with E-state index < -0.39 is 0 Å². The lowest BCUT2D eigenvalue weighted by Gasteiger charge is -2.30. The first-order chi connectivity index (χ1) is 16.7. The van der Waals surface area contributed by atoms with Crippen molar-refractivity contribution in [3.05, 3.63) is 96.1 Å². The average molecular weight is 446 g/mol. The van der Waals surface area contributed by atoms with Gasteiger partial charge in [-0.2, -0.15) is 0 Å². The monoisotopic (exact) mass is 445 g/mol. The molecule has 1 saturated heterocycles. The summed E-state index contributed by atoms with van der Waals surface area (Å²) >= 11 is 0. The molecule has 2 aliphatic rings. The molecule has 1 aliphatic heterocycles. The van der Waals surface area contributed by atoms with Gasteiger partial charge in [0.15, 0.2) is 0 Å². The molecule has 6 nitrogen and oxygen atoms in total. The fourth-order valence-corrected chi connectivity index (χ4v) is 5.18. The van der Waals surface area contributed by atoms with Crippen LogP contribution in [0.5, 0.6) is 0 Å². The van der Waals surface area contributed by atoms with Crippen molar-refractivity contribution in [1.82, 2.24) is 24.3 Å². The normalized spacial score (nSPS) is 16.5. The standard InChI is InChI=1S/C28H23N5O/c34-26(32-15-3-16-32)20-7-5-19(6-8-20)24-25(33-17-2-14-30-27(33)31-24)28(11-12-28)22-9-10-23-21(18-22)4-1-13-29-23/h1-2,4-10,13-14,17-18H,3,11-12,15-16H2. The van der Waals surface area contributed by atoms with Crippen molar-refractivity contribution >= 4 is 22.6 Å². The summed E-state index contributed by atoms with van der Waals surface area (Å²) in [5.41, 5.74) is 6.01. The number of rotatable bonds is 4. The fourth-order valence-electron chi connectivity index (χ4n) is 5.18. The summed E-state index contributed by atoms with van der Waals surface area (Å²) in [7, 11) is 0. The van der Waals surface area contributed by atoms with Crippen molar-refractivity contribution in [1.29, 1.82) is 0 Å². The van der Waals surface area contributed by atoms with Crippen LogP contribution in [0.1, 0.15) is 40.9 Å². The van der Waals surface area contributed by atoms with Gasteiger partial charge in [0.1, 0.15) is 0 Å². The lowest BCUT2D eigenvalue weighted by atomic mass is 9.88. The summed E-state index contributed by atoms with van der Waals surface area (Å²) in [6.07, 6.45) is 8.87. The van der Waals surface area contributed by atoms with E-state index in [4.69, 9.17) is 4.98 Å². The minimum absolute atomic E-state index is 0.109. The fraction of sp³-hybridized carbons (Fsp3) is 0.214. The Kier molecular flexibility index (Phi) is 4.12. The van der Waals surface area contributed by atoms with E-state index in [1.165, 1.54) is 11.3 Å². The number of aromatic nitrogens is 4. The molecule has 2 aromatic carbocycles. The van der Waals surface area contributed by atoms with E-state index in [2.05, 4.69) is 44.8 Å². The van der Waals surface area contributed by atoms with Crippen LogP contribution in [0, 0.1) is 0 Å². The number of fused-ring (bicyclic) bond motifs is 2. The highest BCUT2D eigenvalue weighted by Gasteiger charge is 2.50. The molecule has 0 bridgehead atoms. The number of pyridine rings is 1. The van der Waals surface area contributed by atoms with Crippen molar-refractivity contribution in [3.63, 3.8) is 0 Å². The van der Waals surface area contributed by atoms with E-state index in [9.17, 15) is 4.79 Å². The number of carbonyl (C=O) groups excluding carboxylic acids is 1. The molecule has 4 heterocycles. The number of carbonyl (C=O) groups is 1. The molecule has 3 aromatic heterocycles. The van der Waals surface area contributed by atoms with Crippen LogP contribution in [0.4, 0.5) is 0 Å². The van der Waals surface area contributed by atoms with Crippen LogP contribution in [-0.4, -0.2) is 43.2 Å². The molecule has 0 radical (unpaired) electrons. The third kappa shape index (κ3) is 2.88. The highest BCUT2D eigenvalue weighted by molar-refractivity contribution is 5.95. The first kappa shape index (κ1) is 19.4. The average Bonchev–Trinajstić information content (AvgIpc) is 3.56. The highest BCUT2D eigenvalue weighted by atomic mass is 16.2. The summed E-state index contributed by atoms with van der Waals surface area (Å²) in [5, 5.41) is 1.15. The number of benzene rings is 2. The minimum atomic E-state index is -0.117. The molecule has 0 spiro atoms. The number of nitrogens with zero attached hydrogens (tertiary/aromatic N) is 5. The zero-order chi connectivity index (χ0) is 22.7. The van der Waals surface area contributed by atoms with Crippen molar-refractivity contribution in [2.45, 2.75) is 24.7 Å². The SMILES string of the molecule is O=C(c1ccc(-c2nc3ncccn3c2C2(c3ccc4ncccc4c3)CC2)cc1)N1CCC1. The van der Waals surface area contributed by atoms with Crippen LogP contribution in [0.15, 0.2) is 79.3 Å². The quantitative estimate of drug-likeness (QED) is 0.396. The molecule has 166 valence electrons. The van der Waals surface area contributed by atoms with Crippen LogP contribution < -0.4 is 0 Å². The van der Waals surface area contributed by atoms with E-state index in [0.29, 0.717) is 5.78 Å². The Hall–Kier alpha value is -4.06. The lowest BCUT2D eigenvalue weighted by Crippen LogP contribution is -2.41. The molecule has 7 rings (SSSR count). The number of hydrogen-bond acceptors (Lipinski definition) is 4. The van der Waals surface area contributed by atoms with Gasteiger partial charge >= 0.3 is 0 Å². The van der Waals surface area contributed by atoms with Crippen LogP contribution in [0.2, 0.25) is 0 Å². The molecule has 6 heteroatoms. The van der Waals surface area contributed by atoms with Gasteiger partial charge in [-0.15, -0.1) is 0 Å². The number of imidazole rings is 1. The molecule has 0 N–H and O–H groups in total. The van der Waals surface area contributed by atoms with Crippen molar-refractivity contribution in [2.75, 3.05) is 13.1 Å². The van der Waals surface area contributed by atoms with Gasteiger partial charge in [0.2, 0.25) is 5.78 Å². The first-order valence-corrected chi connectivity index (χ1v) is 11.8. The zero-order valence-electron chi connectivity index (χ0n) is 18.7. The van der Waals surface area contributed by atoms with Crippen molar-refractivity contribution in [2.24, 2.45) is 0 Å². The second kappa shape index (κ2) is 7.22. The molecule has 1 saturated carbocycles. The maximum absolute atomic E-state index is 12.6. The minimum Gasteiger partial charge on any atom is -0.339 e. The second-order valence-corrected chi connectivity index (χ2v) is 9.31. The molecule has 1 amide bonds. The Morgan fingerprint density at radius 2 is 1.74 bits per heavy atom. The number of likely N-dealkylation sites (tertiary alicyclic amines) is 1. The zero-order valence-corrected chi connectivity index (χ0v) is 18.7. The lowest BCUT2D eigenvalue weighted by molar-refractivity contribution is 0.0652. The first-order valence-electron chi connectivity index (χ1n) is 11.8. The molecular weight excluding hydrogens is 422 g/mol. The third-order valence-corrected chi connectivity index (χ3v) is 7.31. The summed E-state index contributed by atoms with van der Waals surface area (Å²) < 4.78 is 2.13. The van der Waals surface area contributed by atoms with Gasteiger partial charge in [0, 0.05) is 53.6 Å².